The minimum Gasteiger partial charge on any atom is -0.448 e. The number of carbonyl (C=O) groups is 1. The average molecular weight is 460 g/mol. The molecule has 2 aliphatic heterocycles. The van der Waals surface area contributed by atoms with Crippen LogP contribution in [0.4, 0.5) is 4.79 Å². The topological polar surface area (TPSA) is 49.8 Å². The maximum absolute atomic E-state index is 13.2. The number of hydrogen-bond acceptors (Lipinski definition) is 3. The van der Waals surface area contributed by atoms with E-state index in [-0.39, 0.29) is 24.1 Å². The van der Waals surface area contributed by atoms with E-state index in [1.807, 2.05) is 41.3 Å². The first-order valence-electron chi connectivity index (χ1n) is 11.7. The summed E-state index contributed by atoms with van der Waals surface area (Å²) in [6, 6.07) is 24.1. The highest BCUT2D eigenvalue weighted by Gasteiger charge is 2.50. The van der Waals surface area contributed by atoms with Crippen LogP contribution in [0.5, 0.6) is 0 Å². The molecule has 1 amide bonds. The molecule has 2 heterocycles. The van der Waals surface area contributed by atoms with Gasteiger partial charge in [0.1, 0.15) is 6.61 Å². The van der Waals surface area contributed by atoms with Crippen molar-refractivity contribution in [2.45, 2.75) is 49.3 Å². The first-order chi connectivity index (χ1) is 16.0. The molecule has 6 rings (SSSR count). The minimum atomic E-state index is -0.934. The van der Waals surface area contributed by atoms with Gasteiger partial charge in [0.15, 0.2) is 0 Å². The molecule has 2 fully saturated rings. The second-order valence-electron chi connectivity index (χ2n) is 9.54. The molecule has 0 aromatic heterocycles. The first-order valence-corrected chi connectivity index (χ1v) is 12.0. The molecular weight excluding hydrogens is 434 g/mol. The second-order valence-corrected chi connectivity index (χ2v) is 9.98. The van der Waals surface area contributed by atoms with Crippen LogP contribution >= 0.6 is 11.6 Å². The third-order valence-electron chi connectivity index (χ3n) is 7.69. The van der Waals surface area contributed by atoms with Gasteiger partial charge in [0.05, 0.1) is 5.60 Å². The van der Waals surface area contributed by atoms with Gasteiger partial charge in [-0.1, -0.05) is 72.3 Å². The third-order valence-corrected chi connectivity index (χ3v) is 7.95. The number of ether oxygens (including phenoxy) is 1. The van der Waals surface area contributed by atoms with Gasteiger partial charge >= 0.3 is 6.09 Å². The number of benzene rings is 3. The van der Waals surface area contributed by atoms with Crippen LogP contribution in [0.3, 0.4) is 0 Å². The van der Waals surface area contributed by atoms with E-state index in [1.54, 1.807) is 0 Å². The van der Waals surface area contributed by atoms with Crippen LogP contribution in [0, 0.1) is 0 Å². The highest BCUT2D eigenvalue weighted by Crippen LogP contribution is 2.47. The Morgan fingerprint density at radius 3 is 2.03 bits per heavy atom. The molecular formula is C28H26ClNO3. The van der Waals surface area contributed by atoms with Crippen LogP contribution in [0.25, 0.3) is 11.1 Å². The summed E-state index contributed by atoms with van der Waals surface area (Å²) >= 11 is 6.03. The smallest absolute Gasteiger partial charge is 0.410 e. The molecule has 1 unspecified atom stereocenters. The van der Waals surface area contributed by atoms with Gasteiger partial charge in [-0.25, -0.2) is 4.79 Å². The van der Waals surface area contributed by atoms with Crippen molar-refractivity contribution in [1.82, 2.24) is 4.90 Å². The molecule has 3 aromatic carbocycles. The van der Waals surface area contributed by atoms with Gasteiger partial charge in [0.25, 0.3) is 0 Å². The lowest BCUT2D eigenvalue weighted by molar-refractivity contribution is -0.0531. The molecule has 2 bridgehead atoms. The molecule has 1 N–H and O–H groups in total. The quantitative estimate of drug-likeness (QED) is 0.514. The lowest BCUT2D eigenvalue weighted by Gasteiger charge is -2.43. The number of piperidine rings is 1. The summed E-state index contributed by atoms with van der Waals surface area (Å²) in [5.41, 5.74) is 4.81. The number of halogens is 1. The van der Waals surface area contributed by atoms with E-state index >= 15 is 0 Å². The van der Waals surface area contributed by atoms with E-state index in [0.717, 1.165) is 18.4 Å². The minimum absolute atomic E-state index is 0.0138. The van der Waals surface area contributed by atoms with Crippen molar-refractivity contribution in [2.24, 2.45) is 0 Å². The van der Waals surface area contributed by atoms with Crippen molar-refractivity contribution in [3.05, 3.63) is 94.5 Å². The molecule has 33 heavy (non-hydrogen) atoms. The lowest BCUT2D eigenvalue weighted by Crippen LogP contribution is -2.52. The predicted molar refractivity (Wildman–Crippen MR) is 128 cm³/mol. The van der Waals surface area contributed by atoms with Crippen molar-refractivity contribution < 1.29 is 14.6 Å². The fourth-order valence-electron chi connectivity index (χ4n) is 6.19. The molecule has 3 aliphatic rings. The monoisotopic (exact) mass is 459 g/mol. The van der Waals surface area contributed by atoms with E-state index in [4.69, 9.17) is 16.3 Å². The number of nitrogens with zero attached hydrogens (tertiary/aromatic N) is 1. The fraction of sp³-hybridized carbons (Fsp3) is 0.321. The largest absolute Gasteiger partial charge is 0.448 e. The van der Waals surface area contributed by atoms with Gasteiger partial charge in [0, 0.05) is 35.9 Å². The first kappa shape index (κ1) is 20.8. The Labute approximate surface area is 198 Å². The molecule has 0 spiro atoms. The number of amides is 1. The molecule has 5 heteroatoms. The SMILES string of the molecule is O=C(OCC1c2ccccc2-c2ccccc21)N1[C@@H]2CC[C@H]1CC(O)(c1ccc(Cl)cc1)C2. The van der Waals surface area contributed by atoms with Crippen molar-refractivity contribution in [1.29, 1.82) is 0 Å². The van der Waals surface area contributed by atoms with Crippen LogP contribution in [0.2, 0.25) is 5.02 Å². The van der Waals surface area contributed by atoms with Crippen LogP contribution in [0.1, 0.15) is 48.3 Å². The highest BCUT2D eigenvalue weighted by atomic mass is 35.5. The molecule has 168 valence electrons. The van der Waals surface area contributed by atoms with Crippen molar-refractivity contribution in [2.75, 3.05) is 6.61 Å². The number of aliphatic hydroxyl groups is 1. The summed E-state index contributed by atoms with van der Waals surface area (Å²) in [5.74, 6) is 0.0507. The maximum Gasteiger partial charge on any atom is 0.410 e. The normalized spacial score (nSPS) is 25.6. The van der Waals surface area contributed by atoms with E-state index < -0.39 is 5.60 Å². The Morgan fingerprint density at radius 1 is 0.909 bits per heavy atom. The van der Waals surface area contributed by atoms with Gasteiger partial charge in [-0.05, 0) is 52.8 Å². The standard InChI is InChI=1S/C28H26ClNO3/c29-19-11-9-18(10-12-19)28(32)15-20-13-14-21(16-28)30(20)27(31)33-17-26-24-7-3-1-5-22(24)23-6-2-4-8-25(23)26/h1-12,20-21,26,32H,13-17H2/t20-,21+,28?. The zero-order chi connectivity index (χ0) is 22.6. The zero-order valence-corrected chi connectivity index (χ0v) is 19.0. The van der Waals surface area contributed by atoms with E-state index in [2.05, 4.69) is 36.4 Å². The maximum atomic E-state index is 13.2. The zero-order valence-electron chi connectivity index (χ0n) is 18.3. The Balaban J connectivity index is 1.18. The molecule has 2 saturated heterocycles. The summed E-state index contributed by atoms with van der Waals surface area (Å²) in [6.45, 7) is 0.324. The van der Waals surface area contributed by atoms with Gasteiger partial charge in [-0.3, -0.25) is 0 Å². The summed E-state index contributed by atoms with van der Waals surface area (Å²) < 4.78 is 5.94. The summed E-state index contributed by atoms with van der Waals surface area (Å²) in [6.07, 6.45) is 2.57. The summed E-state index contributed by atoms with van der Waals surface area (Å²) in [4.78, 5) is 15.1. The third kappa shape index (κ3) is 3.44. The Kier molecular flexibility index (Phi) is 4.97. The van der Waals surface area contributed by atoms with Gasteiger partial charge in [0.2, 0.25) is 0 Å². The van der Waals surface area contributed by atoms with Gasteiger partial charge in [-0.2, -0.15) is 0 Å². The molecule has 3 aromatic rings. The van der Waals surface area contributed by atoms with Gasteiger partial charge in [-0.15, -0.1) is 0 Å². The molecule has 0 saturated carbocycles. The van der Waals surface area contributed by atoms with Gasteiger partial charge < -0.3 is 14.7 Å². The molecule has 3 atom stereocenters. The lowest BCUT2D eigenvalue weighted by atomic mass is 9.80. The van der Waals surface area contributed by atoms with Crippen LogP contribution < -0.4 is 0 Å². The molecule has 4 nitrogen and oxygen atoms in total. The number of carbonyl (C=O) groups excluding carboxylic acids is 1. The van der Waals surface area contributed by atoms with Crippen molar-refractivity contribution in [3.63, 3.8) is 0 Å². The van der Waals surface area contributed by atoms with Crippen molar-refractivity contribution >= 4 is 17.7 Å². The van der Waals surface area contributed by atoms with Crippen LogP contribution in [-0.2, 0) is 10.3 Å². The second kappa shape index (κ2) is 7.89. The number of rotatable bonds is 3. The van der Waals surface area contributed by atoms with Crippen LogP contribution in [0.15, 0.2) is 72.8 Å². The summed E-state index contributed by atoms with van der Waals surface area (Å²) in [5, 5.41) is 12.1. The number of hydrogen-bond donors (Lipinski definition) is 1. The predicted octanol–water partition coefficient (Wildman–Crippen LogP) is 6.10. The van der Waals surface area contributed by atoms with Crippen molar-refractivity contribution in [3.8, 4) is 11.1 Å². The Morgan fingerprint density at radius 2 is 1.45 bits per heavy atom. The van der Waals surface area contributed by atoms with E-state index in [1.165, 1.54) is 22.3 Å². The average Bonchev–Trinajstić information content (AvgIpc) is 3.30. The Bertz CT molecular complexity index is 1150. The Hall–Kier alpha value is -2.82. The fourth-order valence-corrected chi connectivity index (χ4v) is 6.31. The van der Waals surface area contributed by atoms with Crippen LogP contribution in [-0.4, -0.2) is 34.8 Å². The highest BCUT2D eigenvalue weighted by molar-refractivity contribution is 6.30. The molecule has 0 radical (unpaired) electrons. The van der Waals surface area contributed by atoms with E-state index in [0.29, 0.717) is 24.5 Å². The number of fused-ring (bicyclic) bond motifs is 5. The summed E-state index contributed by atoms with van der Waals surface area (Å²) in [7, 11) is 0. The molecule has 1 aliphatic carbocycles. The van der Waals surface area contributed by atoms with E-state index in [9.17, 15) is 9.90 Å².